The highest BCUT2D eigenvalue weighted by atomic mass is 32.2. The van der Waals surface area contributed by atoms with Crippen molar-refractivity contribution in [2.75, 3.05) is 18.5 Å². The monoisotopic (exact) mass is 482 g/mol. The Morgan fingerprint density at radius 1 is 1.09 bits per heavy atom. The van der Waals surface area contributed by atoms with Crippen molar-refractivity contribution in [3.05, 3.63) is 58.0 Å². The molecule has 0 aromatic heterocycles. The van der Waals surface area contributed by atoms with Crippen molar-refractivity contribution in [3.8, 4) is 11.5 Å². The predicted octanol–water partition coefficient (Wildman–Crippen LogP) is 5.55. The van der Waals surface area contributed by atoms with Crippen LogP contribution in [0.15, 0.2) is 41.3 Å². The number of aryl methyl sites for hydroxylation is 2. The van der Waals surface area contributed by atoms with E-state index in [4.69, 9.17) is 9.47 Å². The van der Waals surface area contributed by atoms with Crippen molar-refractivity contribution >= 4 is 40.6 Å². The van der Waals surface area contributed by atoms with Crippen LogP contribution in [-0.4, -0.2) is 41.2 Å². The number of carbonyl (C=O) groups excluding carboxylic acids is 3. The van der Waals surface area contributed by atoms with E-state index in [1.54, 1.807) is 30.3 Å². The molecule has 7 nitrogen and oxygen atoms in total. The summed E-state index contributed by atoms with van der Waals surface area (Å²) in [5.41, 5.74) is 3.48. The second-order valence-corrected chi connectivity index (χ2v) is 9.08. The summed E-state index contributed by atoms with van der Waals surface area (Å²) in [5, 5.41) is 2.27. The fourth-order valence-corrected chi connectivity index (χ4v) is 4.07. The molecule has 3 rings (SSSR count). The summed E-state index contributed by atoms with van der Waals surface area (Å²) in [4.78, 5) is 39.0. The van der Waals surface area contributed by atoms with Crippen LogP contribution < -0.4 is 14.8 Å². The number of hydrogen-bond acceptors (Lipinski definition) is 6. The van der Waals surface area contributed by atoms with Gasteiger partial charge in [-0.25, -0.2) is 0 Å². The van der Waals surface area contributed by atoms with Crippen molar-refractivity contribution in [2.45, 2.75) is 47.1 Å². The molecule has 1 N–H and O–H groups in total. The van der Waals surface area contributed by atoms with E-state index in [0.717, 1.165) is 34.2 Å². The number of rotatable bonds is 9. The minimum atomic E-state index is -0.497. The Bertz CT molecular complexity index is 1130. The zero-order valence-corrected chi connectivity index (χ0v) is 21.0. The smallest absolute Gasteiger partial charge is 0.294 e. The predicted molar refractivity (Wildman–Crippen MR) is 135 cm³/mol. The summed E-state index contributed by atoms with van der Waals surface area (Å²) in [6.45, 7) is 9.96. The number of carbonyl (C=O) groups is 3. The standard InChI is InChI=1S/C26H30N2O5S/c1-6-18(5)33-21-11-9-19(13-22(21)32-7-2)14-23-25(30)28(26(31)34-23)15-24(29)27-20-10-8-16(3)17(4)12-20/h8-14,18H,6-7,15H2,1-5H3,(H,27,29)/b23-14+. The lowest BCUT2D eigenvalue weighted by atomic mass is 10.1. The molecule has 0 spiro atoms. The average Bonchev–Trinajstić information content (AvgIpc) is 3.05. The first-order valence-corrected chi connectivity index (χ1v) is 12.1. The summed E-state index contributed by atoms with van der Waals surface area (Å²) < 4.78 is 11.6. The van der Waals surface area contributed by atoms with Crippen LogP contribution in [-0.2, 0) is 9.59 Å². The van der Waals surface area contributed by atoms with Gasteiger partial charge in [0.1, 0.15) is 6.54 Å². The zero-order chi connectivity index (χ0) is 24.8. The van der Waals surface area contributed by atoms with Gasteiger partial charge >= 0.3 is 0 Å². The van der Waals surface area contributed by atoms with E-state index in [9.17, 15) is 14.4 Å². The molecule has 1 aliphatic heterocycles. The van der Waals surface area contributed by atoms with Crippen LogP contribution in [0, 0.1) is 13.8 Å². The Morgan fingerprint density at radius 2 is 1.85 bits per heavy atom. The van der Waals surface area contributed by atoms with Crippen molar-refractivity contribution in [1.82, 2.24) is 4.90 Å². The average molecular weight is 483 g/mol. The highest BCUT2D eigenvalue weighted by Gasteiger charge is 2.36. The number of benzene rings is 2. The van der Waals surface area contributed by atoms with Crippen LogP contribution in [0.1, 0.15) is 43.9 Å². The van der Waals surface area contributed by atoms with Gasteiger partial charge in [-0.15, -0.1) is 0 Å². The quantitative estimate of drug-likeness (QED) is 0.472. The first kappa shape index (κ1) is 25.4. The van der Waals surface area contributed by atoms with Crippen molar-refractivity contribution in [2.24, 2.45) is 0 Å². The summed E-state index contributed by atoms with van der Waals surface area (Å²) in [7, 11) is 0. The van der Waals surface area contributed by atoms with Crippen molar-refractivity contribution < 1.29 is 23.9 Å². The Kier molecular flexibility index (Phi) is 8.39. The van der Waals surface area contributed by atoms with E-state index >= 15 is 0 Å². The second-order valence-electron chi connectivity index (χ2n) is 8.09. The lowest BCUT2D eigenvalue weighted by Crippen LogP contribution is -2.36. The zero-order valence-electron chi connectivity index (χ0n) is 20.1. The summed E-state index contributed by atoms with van der Waals surface area (Å²) in [6, 6.07) is 10.9. The molecule has 1 fully saturated rings. The van der Waals surface area contributed by atoms with Gasteiger partial charge in [-0.05, 0) is 92.9 Å². The lowest BCUT2D eigenvalue weighted by Gasteiger charge is -2.16. The van der Waals surface area contributed by atoms with Crippen LogP contribution in [0.2, 0.25) is 0 Å². The number of hydrogen-bond donors (Lipinski definition) is 1. The molecule has 1 atom stereocenters. The SMILES string of the molecule is CCOc1cc(/C=C2/SC(=O)N(CC(=O)Nc3ccc(C)c(C)c3)C2=O)ccc1OC(C)CC. The molecule has 1 saturated heterocycles. The number of amides is 3. The first-order chi connectivity index (χ1) is 16.2. The molecule has 34 heavy (non-hydrogen) atoms. The van der Waals surface area contributed by atoms with Gasteiger partial charge in [-0.3, -0.25) is 19.3 Å². The number of ether oxygens (including phenoxy) is 2. The van der Waals surface area contributed by atoms with Gasteiger partial charge in [0.05, 0.1) is 17.6 Å². The third kappa shape index (κ3) is 6.20. The number of thioether (sulfide) groups is 1. The molecule has 2 aromatic carbocycles. The topological polar surface area (TPSA) is 84.9 Å². The van der Waals surface area contributed by atoms with Crippen LogP contribution in [0.3, 0.4) is 0 Å². The summed E-state index contributed by atoms with van der Waals surface area (Å²) >= 11 is 0.813. The fourth-order valence-electron chi connectivity index (χ4n) is 3.23. The molecular weight excluding hydrogens is 452 g/mol. The summed E-state index contributed by atoms with van der Waals surface area (Å²) in [5.74, 6) is 0.271. The number of nitrogens with zero attached hydrogens (tertiary/aromatic N) is 1. The molecule has 1 unspecified atom stereocenters. The van der Waals surface area contributed by atoms with Crippen LogP contribution in [0.5, 0.6) is 11.5 Å². The van der Waals surface area contributed by atoms with Gasteiger partial charge in [0.25, 0.3) is 11.1 Å². The molecule has 180 valence electrons. The molecule has 0 bridgehead atoms. The van der Waals surface area contributed by atoms with E-state index in [1.807, 2.05) is 46.8 Å². The molecule has 1 heterocycles. The Labute approximate surface area is 204 Å². The molecule has 0 aliphatic carbocycles. The summed E-state index contributed by atoms with van der Waals surface area (Å²) in [6.07, 6.45) is 2.52. The molecular formula is C26H30N2O5S. The van der Waals surface area contributed by atoms with Crippen LogP contribution in [0.25, 0.3) is 6.08 Å². The first-order valence-electron chi connectivity index (χ1n) is 11.3. The Morgan fingerprint density at radius 3 is 2.53 bits per heavy atom. The van der Waals surface area contributed by atoms with E-state index < -0.39 is 17.1 Å². The third-order valence-corrected chi connectivity index (χ3v) is 6.34. The lowest BCUT2D eigenvalue weighted by molar-refractivity contribution is -0.127. The molecule has 0 radical (unpaired) electrons. The highest BCUT2D eigenvalue weighted by molar-refractivity contribution is 8.18. The highest BCUT2D eigenvalue weighted by Crippen LogP contribution is 2.35. The molecule has 8 heteroatoms. The Hall–Kier alpha value is -3.26. The van der Waals surface area contributed by atoms with Crippen molar-refractivity contribution in [1.29, 1.82) is 0 Å². The van der Waals surface area contributed by atoms with Gasteiger partial charge < -0.3 is 14.8 Å². The number of imide groups is 1. The van der Waals surface area contributed by atoms with E-state index in [1.165, 1.54) is 0 Å². The minimum absolute atomic E-state index is 0.0385. The van der Waals surface area contributed by atoms with Crippen LogP contribution >= 0.6 is 11.8 Å². The maximum atomic E-state index is 12.8. The van der Waals surface area contributed by atoms with Crippen LogP contribution in [0.4, 0.5) is 10.5 Å². The third-order valence-electron chi connectivity index (χ3n) is 5.43. The fraction of sp³-hybridized carbons (Fsp3) is 0.346. The van der Waals surface area contributed by atoms with Gasteiger partial charge in [0.2, 0.25) is 5.91 Å². The normalized spacial score (nSPS) is 15.6. The largest absolute Gasteiger partial charge is 0.490 e. The number of nitrogens with one attached hydrogen (secondary N) is 1. The van der Waals surface area contributed by atoms with E-state index in [0.29, 0.717) is 29.4 Å². The number of anilines is 1. The minimum Gasteiger partial charge on any atom is -0.490 e. The molecule has 0 saturated carbocycles. The van der Waals surface area contributed by atoms with Gasteiger partial charge in [0.15, 0.2) is 11.5 Å². The van der Waals surface area contributed by atoms with E-state index in [-0.39, 0.29) is 17.6 Å². The van der Waals surface area contributed by atoms with Gasteiger partial charge in [-0.2, -0.15) is 0 Å². The molecule has 1 aliphatic rings. The van der Waals surface area contributed by atoms with E-state index in [2.05, 4.69) is 5.32 Å². The molecule has 3 amide bonds. The molecule has 2 aromatic rings. The van der Waals surface area contributed by atoms with Gasteiger partial charge in [0, 0.05) is 5.69 Å². The Balaban J connectivity index is 1.72. The maximum Gasteiger partial charge on any atom is 0.294 e. The second kappa shape index (κ2) is 11.2. The van der Waals surface area contributed by atoms with Crippen molar-refractivity contribution in [3.63, 3.8) is 0 Å². The maximum absolute atomic E-state index is 12.8. The van der Waals surface area contributed by atoms with Gasteiger partial charge in [-0.1, -0.05) is 19.1 Å².